The van der Waals surface area contributed by atoms with Crippen LogP contribution in [0, 0.1) is 27.7 Å². The van der Waals surface area contributed by atoms with Crippen LogP contribution in [0.2, 0.25) is 51.4 Å². The third-order valence-corrected chi connectivity index (χ3v) is 21.8. The van der Waals surface area contributed by atoms with Crippen molar-refractivity contribution in [3.05, 3.63) is 201 Å². The molecular weight excluding hydrogens is 1280 g/mol. The van der Waals surface area contributed by atoms with E-state index in [1.54, 1.807) is 82.3 Å². The number of allylic oxidation sites excluding steroid dienone is 2. The molecule has 7 atom stereocenters. The van der Waals surface area contributed by atoms with Crippen molar-refractivity contribution in [3.63, 3.8) is 0 Å². The number of halogens is 2. The Morgan fingerprint density at radius 2 is 1.00 bits per heavy atom. The van der Waals surface area contributed by atoms with Crippen LogP contribution in [0.4, 0.5) is 8.78 Å². The van der Waals surface area contributed by atoms with Crippen LogP contribution in [0.5, 0.6) is 0 Å². The Hall–Kier alpha value is -6.15. The first-order valence-electron chi connectivity index (χ1n) is 32.8. The Bertz CT molecular complexity index is 3360. The van der Waals surface area contributed by atoms with E-state index in [4.69, 9.17) is 37.9 Å². The quantitative estimate of drug-likeness (QED) is 0.0255. The second kappa shape index (κ2) is 35.0. The van der Waals surface area contributed by atoms with Gasteiger partial charge in [-0.05, 0) is 75.9 Å². The number of ether oxygens (including phenoxy) is 8. The Kier molecular flexibility index (Phi) is 28.6. The molecule has 3 unspecified atom stereocenters. The normalized spacial score (nSPS) is 19.1. The summed E-state index contributed by atoms with van der Waals surface area (Å²) in [5.41, 5.74) is 7.33. The van der Waals surface area contributed by atoms with Crippen molar-refractivity contribution in [1.29, 1.82) is 0 Å². The molecule has 12 nitrogen and oxygen atoms in total. The van der Waals surface area contributed by atoms with Gasteiger partial charge in [-0.25, -0.2) is 14.0 Å². The van der Waals surface area contributed by atoms with Crippen molar-refractivity contribution in [2.45, 2.75) is 219 Å². The predicted octanol–water partition coefficient (Wildman–Crippen LogP) is 17.6. The summed E-state index contributed by atoms with van der Waals surface area (Å²) in [6.45, 7) is 33.3. The summed E-state index contributed by atoms with van der Waals surface area (Å²) < 4.78 is 81.1. The molecule has 504 valence electrons. The number of benzene rings is 5. The van der Waals surface area contributed by atoms with Crippen LogP contribution in [0.3, 0.4) is 0 Å². The van der Waals surface area contributed by atoms with Gasteiger partial charge in [0.25, 0.3) is 0 Å². The van der Waals surface area contributed by atoms with E-state index in [0.717, 1.165) is 58.3 Å². The first kappa shape index (κ1) is 75.9. The number of hydrogen-bond acceptors (Lipinski definition) is 12. The number of unbranched alkanes of at least 4 members (excludes halogenated alkanes) is 2. The fourth-order valence-electron chi connectivity index (χ4n) is 11.1. The Morgan fingerprint density at radius 3 is 1.47 bits per heavy atom. The van der Waals surface area contributed by atoms with Gasteiger partial charge < -0.3 is 18.9 Å². The summed E-state index contributed by atoms with van der Waals surface area (Å²) in [6, 6.07) is 37.3. The molecule has 17 heteroatoms. The second-order valence-corrected chi connectivity index (χ2v) is 41.5. The van der Waals surface area contributed by atoms with Crippen LogP contribution >= 0.6 is 0 Å². The van der Waals surface area contributed by atoms with Gasteiger partial charge in [0.1, 0.15) is 11.9 Å². The van der Waals surface area contributed by atoms with Crippen LogP contribution in [-0.2, 0) is 37.9 Å². The van der Waals surface area contributed by atoms with Gasteiger partial charge in [-0.1, -0.05) is 81.0 Å². The molecule has 0 bridgehead atoms. The van der Waals surface area contributed by atoms with Crippen LogP contribution in [0.15, 0.2) is 145 Å². The van der Waals surface area contributed by atoms with Crippen molar-refractivity contribution in [3.8, 4) is 0 Å². The average molecular weight is 1380 g/mol. The van der Waals surface area contributed by atoms with Gasteiger partial charge in [0, 0.05) is 8.07 Å². The fraction of sp³-hybridized carbons (Fsp3) is 0.474. The molecule has 2 heterocycles. The Balaban J connectivity index is 0.000000299. The molecule has 5 aromatic rings. The molecule has 2 aliphatic rings. The SMILES string of the molecule is CCC/C=C(/F)C(OC(=O)c1ccccc1)[C@H]1OC(C)(C)O[C@H]1C/C=C/c1cc(C)cc(C)c1C(=O)OCC[Si](C)(C)C.CCC/C=C(/F)C(OC(=O)c1ccccc1)[C@H]1OC(C)(C)O[C@H]1CCC([Se]c1ccccc1)c1cc(C)cc(C)c1C(=O)OCC[Si](C)(C)C. The van der Waals surface area contributed by atoms with E-state index in [1.165, 1.54) is 16.6 Å². The van der Waals surface area contributed by atoms with Crippen molar-refractivity contribution in [2.24, 2.45) is 0 Å². The van der Waals surface area contributed by atoms with Gasteiger partial charge in [0.05, 0.1) is 23.8 Å². The third kappa shape index (κ3) is 23.9. The number of carbonyl (C=O) groups excluding carboxylic acids is 4. The van der Waals surface area contributed by atoms with E-state index in [-0.39, 0.29) is 31.7 Å². The maximum atomic E-state index is 16.0. The van der Waals surface area contributed by atoms with Gasteiger partial charge in [0.2, 0.25) is 0 Å². The zero-order chi connectivity index (χ0) is 68.3. The van der Waals surface area contributed by atoms with Gasteiger partial charge in [-0.3, -0.25) is 0 Å². The molecule has 0 amide bonds. The molecule has 2 aliphatic heterocycles. The van der Waals surface area contributed by atoms with Crippen LogP contribution in [-0.4, -0.2) is 116 Å². The molecule has 2 fully saturated rings. The van der Waals surface area contributed by atoms with E-state index in [9.17, 15) is 19.2 Å². The standard InChI is InChI=1S/C41H53FO6SeSi.C35H47FO6Si/c1-9-10-21-33(42)37(46-39(43)30-17-13-11-14-18-30)38-34(47-41(4,5)48-38)22-23-35(49-31-19-15-12-16-20-31)32-27-28(2)26-29(3)36(32)40(44)45-24-25-50(6,7)8;1-9-10-18-28(36)31(40-33(37)26-15-12-11-13-16-26)32-29(41-35(4,5)42-32)19-14-17-27-23-24(2)22-25(3)30(27)34(38)39-20-21-43(6,7)8/h11-21,26-27,34-35,37-38H,9-10,22-25H2,1-8H3;11-18,22-23,29,31-32H,9-10,19-21H2,1-8H3/b33-21+;17-14+,28-18+/t34-,35?,37?,38-;29-,31?,32-/m00/s1. The number of esters is 4. The average Bonchev–Trinajstić information content (AvgIpc) is 1.79. The summed E-state index contributed by atoms with van der Waals surface area (Å²) in [5, 5.41) is 0. The van der Waals surface area contributed by atoms with Crippen molar-refractivity contribution < 1.29 is 65.9 Å². The van der Waals surface area contributed by atoms with Crippen molar-refractivity contribution in [1.82, 2.24) is 0 Å². The van der Waals surface area contributed by atoms with E-state index in [0.29, 0.717) is 67.6 Å². The summed E-state index contributed by atoms with van der Waals surface area (Å²) in [5.74, 6) is -5.05. The van der Waals surface area contributed by atoms with Crippen molar-refractivity contribution >= 4 is 65.5 Å². The second-order valence-electron chi connectivity index (χ2n) is 27.5. The summed E-state index contributed by atoms with van der Waals surface area (Å²) in [6.07, 6.45) is 5.11. The third-order valence-electron chi connectivity index (χ3n) is 15.7. The van der Waals surface area contributed by atoms with Gasteiger partial charge in [0.15, 0.2) is 11.9 Å². The number of carbonyl (C=O) groups is 4. The number of aryl methyl sites for hydroxylation is 4. The van der Waals surface area contributed by atoms with E-state index >= 15 is 8.78 Å². The first-order chi connectivity index (χ1) is 43.9. The fourth-order valence-corrected chi connectivity index (χ4v) is 15.1. The predicted molar refractivity (Wildman–Crippen MR) is 373 cm³/mol. The molecule has 7 rings (SSSR count). The van der Waals surface area contributed by atoms with E-state index < -0.39 is 87.9 Å². The van der Waals surface area contributed by atoms with Crippen LogP contribution in [0.25, 0.3) is 6.08 Å². The molecule has 2 saturated heterocycles. The van der Waals surface area contributed by atoms with Gasteiger partial charge in [-0.15, -0.1) is 0 Å². The molecule has 0 N–H and O–H groups in total. The maximum absolute atomic E-state index is 16.0. The molecular formula is C76H100F2O12SeSi2. The number of hydrogen-bond donors (Lipinski definition) is 0. The minimum atomic E-state index is -1.40. The molecule has 0 aliphatic carbocycles. The zero-order valence-corrected chi connectivity index (χ0v) is 61.4. The Labute approximate surface area is 560 Å². The van der Waals surface area contributed by atoms with E-state index in [1.807, 2.05) is 96.2 Å². The van der Waals surface area contributed by atoms with Crippen LogP contribution < -0.4 is 4.46 Å². The molecule has 0 spiro atoms. The molecule has 5 aromatic carbocycles. The summed E-state index contributed by atoms with van der Waals surface area (Å²) in [4.78, 5) is 53.1. The first-order valence-corrected chi connectivity index (χ1v) is 42.0. The topological polar surface area (TPSA) is 142 Å². The van der Waals surface area contributed by atoms with E-state index in [2.05, 4.69) is 57.5 Å². The molecule has 0 aromatic heterocycles. The van der Waals surface area contributed by atoms with Gasteiger partial charge >= 0.3 is 318 Å². The van der Waals surface area contributed by atoms with Crippen molar-refractivity contribution in [2.75, 3.05) is 13.2 Å². The monoisotopic (exact) mass is 1380 g/mol. The minimum absolute atomic E-state index is 0.0261. The molecule has 93 heavy (non-hydrogen) atoms. The Morgan fingerprint density at radius 1 is 0.570 bits per heavy atom. The molecule has 0 saturated carbocycles. The van der Waals surface area contributed by atoms with Gasteiger partial charge in [-0.2, -0.15) is 0 Å². The summed E-state index contributed by atoms with van der Waals surface area (Å²) >= 11 is -0.0647. The number of rotatable bonds is 29. The summed E-state index contributed by atoms with van der Waals surface area (Å²) in [7, 11) is -2.75. The van der Waals surface area contributed by atoms with Crippen LogP contribution in [0.1, 0.15) is 166 Å². The molecule has 0 radical (unpaired) electrons. The zero-order valence-electron chi connectivity index (χ0n) is 57.7.